The van der Waals surface area contributed by atoms with E-state index in [4.69, 9.17) is 5.21 Å². The SMILES string of the molecule is O=C(NO)c1ccc2c(c1)CNCC2. The molecule has 1 aromatic carbocycles. The van der Waals surface area contributed by atoms with Gasteiger partial charge in [-0.1, -0.05) is 6.07 Å². The van der Waals surface area contributed by atoms with Crippen LogP contribution in [0.5, 0.6) is 0 Å². The van der Waals surface area contributed by atoms with Gasteiger partial charge in [-0.3, -0.25) is 10.0 Å². The zero-order valence-electron chi connectivity index (χ0n) is 7.71. The van der Waals surface area contributed by atoms with Crippen LogP contribution in [0.1, 0.15) is 21.5 Å². The second-order valence-corrected chi connectivity index (χ2v) is 3.35. The summed E-state index contributed by atoms with van der Waals surface area (Å²) in [5.74, 6) is -0.460. The molecule has 0 unspecified atom stereocenters. The van der Waals surface area contributed by atoms with Gasteiger partial charge in [-0.25, -0.2) is 5.48 Å². The number of amides is 1. The van der Waals surface area contributed by atoms with E-state index in [1.54, 1.807) is 11.5 Å². The highest BCUT2D eigenvalue weighted by Crippen LogP contribution is 2.15. The van der Waals surface area contributed by atoms with E-state index in [1.807, 2.05) is 12.1 Å². The Morgan fingerprint density at radius 3 is 3.07 bits per heavy atom. The Bertz CT molecular complexity index is 363. The first kappa shape index (κ1) is 9.18. The van der Waals surface area contributed by atoms with Crippen LogP contribution < -0.4 is 10.8 Å². The topological polar surface area (TPSA) is 61.4 Å². The van der Waals surface area contributed by atoms with Gasteiger partial charge in [0.25, 0.3) is 5.91 Å². The Balaban J connectivity index is 2.33. The minimum absolute atomic E-state index is 0.460. The van der Waals surface area contributed by atoms with Crippen molar-refractivity contribution in [3.05, 3.63) is 34.9 Å². The number of fused-ring (bicyclic) bond motifs is 1. The van der Waals surface area contributed by atoms with Crippen molar-refractivity contribution < 1.29 is 10.0 Å². The highest BCUT2D eigenvalue weighted by atomic mass is 16.5. The van der Waals surface area contributed by atoms with Gasteiger partial charge < -0.3 is 5.32 Å². The first-order chi connectivity index (χ1) is 6.81. The molecular weight excluding hydrogens is 180 g/mol. The number of rotatable bonds is 1. The lowest BCUT2D eigenvalue weighted by molar-refractivity contribution is 0.0706. The monoisotopic (exact) mass is 192 g/mol. The molecule has 1 amide bonds. The zero-order chi connectivity index (χ0) is 9.97. The summed E-state index contributed by atoms with van der Waals surface area (Å²) in [4.78, 5) is 11.1. The van der Waals surface area contributed by atoms with Gasteiger partial charge in [0.15, 0.2) is 0 Å². The number of hydrogen-bond donors (Lipinski definition) is 3. The van der Waals surface area contributed by atoms with Crippen LogP contribution in [0.15, 0.2) is 18.2 Å². The maximum atomic E-state index is 11.1. The van der Waals surface area contributed by atoms with E-state index in [0.717, 1.165) is 25.1 Å². The second-order valence-electron chi connectivity index (χ2n) is 3.35. The van der Waals surface area contributed by atoms with Gasteiger partial charge in [-0.05, 0) is 36.2 Å². The van der Waals surface area contributed by atoms with Gasteiger partial charge in [0.1, 0.15) is 0 Å². The highest BCUT2D eigenvalue weighted by Gasteiger charge is 2.11. The lowest BCUT2D eigenvalue weighted by atomic mass is 9.98. The predicted molar refractivity (Wildman–Crippen MR) is 51.1 cm³/mol. The summed E-state index contributed by atoms with van der Waals surface area (Å²) in [6.07, 6.45) is 0.996. The van der Waals surface area contributed by atoms with Crippen LogP contribution in [-0.2, 0) is 13.0 Å². The van der Waals surface area contributed by atoms with E-state index in [9.17, 15) is 4.79 Å². The molecule has 14 heavy (non-hydrogen) atoms. The first-order valence-electron chi connectivity index (χ1n) is 4.58. The van der Waals surface area contributed by atoms with Crippen molar-refractivity contribution in [2.45, 2.75) is 13.0 Å². The van der Waals surface area contributed by atoms with Crippen LogP contribution >= 0.6 is 0 Å². The Labute approximate surface area is 81.9 Å². The number of benzene rings is 1. The van der Waals surface area contributed by atoms with E-state index in [2.05, 4.69) is 5.32 Å². The molecule has 0 aromatic heterocycles. The van der Waals surface area contributed by atoms with E-state index in [0.29, 0.717) is 5.56 Å². The van der Waals surface area contributed by atoms with Gasteiger partial charge in [0.2, 0.25) is 0 Å². The van der Waals surface area contributed by atoms with Crippen LogP contribution in [0, 0.1) is 0 Å². The Morgan fingerprint density at radius 2 is 2.29 bits per heavy atom. The molecule has 1 aliphatic rings. The van der Waals surface area contributed by atoms with E-state index in [1.165, 1.54) is 5.56 Å². The zero-order valence-corrected chi connectivity index (χ0v) is 7.71. The molecule has 4 heteroatoms. The Morgan fingerprint density at radius 1 is 1.43 bits per heavy atom. The third-order valence-corrected chi connectivity index (χ3v) is 2.46. The van der Waals surface area contributed by atoms with Gasteiger partial charge >= 0.3 is 0 Å². The molecule has 3 N–H and O–H groups in total. The molecule has 0 atom stereocenters. The van der Waals surface area contributed by atoms with Crippen LogP contribution in [0.3, 0.4) is 0 Å². The lowest BCUT2D eigenvalue weighted by Crippen LogP contribution is -2.25. The molecule has 1 aromatic rings. The quantitative estimate of drug-likeness (QED) is 0.447. The van der Waals surface area contributed by atoms with Gasteiger partial charge in [-0.15, -0.1) is 0 Å². The molecule has 4 nitrogen and oxygen atoms in total. The van der Waals surface area contributed by atoms with E-state index < -0.39 is 5.91 Å². The summed E-state index contributed by atoms with van der Waals surface area (Å²) >= 11 is 0. The fourth-order valence-corrected chi connectivity index (χ4v) is 1.69. The average molecular weight is 192 g/mol. The lowest BCUT2D eigenvalue weighted by Gasteiger charge is -2.17. The Kier molecular flexibility index (Phi) is 2.47. The molecule has 2 rings (SSSR count). The van der Waals surface area contributed by atoms with Crippen LogP contribution in [0.4, 0.5) is 0 Å². The molecule has 0 fully saturated rings. The predicted octanol–water partition coefficient (Wildman–Crippen LogP) is 0.451. The number of hydroxylamine groups is 1. The molecule has 0 spiro atoms. The number of hydrogen-bond acceptors (Lipinski definition) is 3. The molecule has 0 saturated carbocycles. The fourth-order valence-electron chi connectivity index (χ4n) is 1.69. The number of carbonyl (C=O) groups is 1. The van der Waals surface area contributed by atoms with Crippen molar-refractivity contribution in [3.8, 4) is 0 Å². The van der Waals surface area contributed by atoms with Gasteiger partial charge in [-0.2, -0.15) is 0 Å². The van der Waals surface area contributed by atoms with Crippen LogP contribution in [0.2, 0.25) is 0 Å². The molecular formula is C10H12N2O2. The summed E-state index contributed by atoms with van der Waals surface area (Å²) in [6, 6.07) is 5.49. The van der Waals surface area contributed by atoms with Crippen molar-refractivity contribution in [2.24, 2.45) is 0 Å². The highest BCUT2D eigenvalue weighted by molar-refractivity contribution is 5.93. The van der Waals surface area contributed by atoms with Crippen molar-refractivity contribution in [1.29, 1.82) is 0 Å². The molecule has 0 bridgehead atoms. The average Bonchev–Trinajstić information content (AvgIpc) is 2.27. The molecule has 1 heterocycles. The largest absolute Gasteiger partial charge is 0.312 e. The summed E-state index contributed by atoms with van der Waals surface area (Å²) in [5.41, 5.74) is 4.54. The van der Waals surface area contributed by atoms with E-state index >= 15 is 0 Å². The smallest absolute Gasteiger partial charge is 0.274 e. The minimum atomic E-state index is -0.460. The van der Waals surface area contributed by atoms with E-state index in [-0.39, 0.29) is 0 Å². The molecule has 0 radical (unpaired) electrons. The maximum Gasteiger partial charge on any atom is 0.274 e. The summed E-state index contributed by atoms with van der Waals surface area (Å²) in [7, 11) is 0. The van der Waals surface area contributed by atoms with Gasteiger partial charge in [0.05, 0.1) is 0 Å². The number of carbonyl (C=O) groups excluding carboxylic acids is 1. The minimum Gasteiger partial charge on any atom is -0.312 e. The second kappa shape index (κ2) is 3.77. The fraction of sp³-hybridized carbons (Fsp3) is 0.300. The summed E-state index contributed by atoms with van der Waals surface area (Å²) in [6.45, 7) is 1.78. The van der Waals surface area contributed by atoms with Crippen LogP contribution in [0.25, 0.3) is 0 Å². The maximum absolute atomic E-state index is 11.1. The Hall–Kier alpha value is -1.39. The van der Waals surface area contributed by atoms with Gasteiger partial charge in [0, 0.05) is 12.1 Å². The third-order valence-electron chi connectivity index (χ3n) is 2.46. The number of nitrogens with one attached hydrogen (secondary N) is 2. The summed E-state index contributed by atoms with van der Waals surface area (Å²) in [5, 5.41) is 11.7. The molecule has 0 aliphatic carbocycles. The molecule has 0 saturated heterocycles. The summed E-state index contributed by atoms with van der Waals surface area (Å²) < 4.78 is 0. The van der Waals surface area contributed by atoms with Crippen molar-refractivity contribution >= 4 is 5.91 Å². The normalized spacial score (nSPS) is 14.6. The van der Waals surface area contributed by atoms with Crippen molar-refractivity contribution in [1.82, 2.24) is 10.8 Å². The third kappa shape index (κ3) is 1.62. The van der Waals surface area contributed by atoms with Crippen LogP contribution in [-0.4, -0.2) is 17.7 Å². The molecule has 74 valence electrons. The van der Waals surface area contributed by atoms with Crippen molar-refractivity contribution in [3.63, 3.8) is 0 Å². The first-order valence-corrected chi connectivity index (χ1v) is 4.58. The molecule has 1 aliphatic heterocycles. The standard InChI is InChI=1S/C10H12N2O2/c13-10(12-14)8-2-1-7-3-4-11-6-9(7)5-8/h1-2,5,11,14H,3-4,6H2,(H,12,13). The van der Waals surface area contributed by atoms with Crippen molar-refractivity contribution in [2.75, 3.05) is 6.54 Å².